The summed E-state index contributed by atoms with van der Waals surface area (Å²) >= 11 is 0. The molecule has 6 heteroatoms. The van der Waals surface area contributed by atoms with Gasteiger partial charge in [-0.05, 0) is 50.8 Å². The Morgan fingerprint density at radius 3 is 2.59 bits per heavy atom. The maximum Gasteiger partial charge on any atom is 0.320 e. The van der Waals surface area contributed by atoms with Crippen molar-refractivity contribution in [2.75, 3.05) is 33.4 Å². The van der Waals surface area contributed by atoms with E-state index in [-0.39, 0.29) is 5.54 Å². The van der Waals surface area contributed by atoms with E-state index in [1.54, 1.807) is 7.11 Å². The molecule has 0 bridgehead atoms. The van der Waals surface area contributed by atoms with Gasteiger partial charge in [0.25, 0.3) is 0 Å². The third-order valence-electron chi connectivity index (χ3n) is 6.81. The van der Waals surface area contributed by atoms with E-state index in [1.807, 2.05) is 0 Å². The molecule has 3 aliphatic rings. The second-order valence-electron chi connectivity index (χ2n) is 8.59. The minimum absolute atomic E-state index is 0.200. The standard InChI is InChI=1S/C23H30N4O2/c1-28-21-19-9-14-26(15-18-7-3-2-4-8-18)16-20(19)24-22(25-21)29-17-23-10-5-12-27(23)13-6-11-23/h2-4,7-8H,5-6,9-17H2,1H3. The minimum atomic E-state index is 0.200. The number of nitrogens with zero attached hydrogens (tertiary/aromatic N) is 4. The van der Waals surface area contributed by atoms with Gasteiger partial charge in [-0.2, -0.15) is 9.97 Å². The second kappa shape index (κ2) is 7.92. The molecule has 0 amide bonds. The fourth-order valence-electron chi connectivity index (χ4n) is 5.30. The second-order valence-corrected chi connectivity index (χ2v) is 8.59. The zero-order valence-electron chi connectivity index (χ0n) is 17.3. The molecule has 154 valence electrons. The molecule has 2 aromatic rings. The van der Waals surface area contributed by atoms with E-state index >= 15 is 0 Å². The summed E-state index contributed by atoms with van der Waals surface area (Å²) in [6.07, 6.45) is 5.89. The van der Waals surface area contributed by atoms with Crippen LogP contribution in [-0.4, -0.2) is 58.7 Å². The highest BCUT2D eigenvalue weighted by atomic mass is 16.5. The van der Waals surface area contributed by atoms with E-state index in [0.717, 1.165) is 37.3 Å². The van der Waals surface area contributed by atoms with Crippen molar-refractivity contribution in [3.05, 3.63) is 47.2 Å². The Bertz CT molecular complexity index is 847. The highest BCUT2D eigenvalue weighted by Gasteiger charge is 2.45. The fourth-order valence-corrected chi connectivity index (χ4v) is 5.30. The topological polar surface area (TPSA) is 50.7 Å². The van der Waals surface area contributed by atoms with Gasteiger partial charge in [-0.1, -0.05) is 30.3 Å². The number of rotatable bonds is 6. The van der Waals surface area contributed by atoms with E-state index in [2.05, 4.69) is 45.1 Å². The molecule has 2 saturated heterocycles. The minimum Gasteiger partial charge on any atom is -0.481 e. The molecule has 0 spiro atoms. The van der Waals surface area contributed by atoms with Gasteiger partial charge in [0.05, 0.1) is 18.3 Å². The van der Waals surface area contributed by atoms with Crippen LogP contribution in [0, 0.1) is 0 Å². The van der Waals surface area contributed by atoms with Crippen molar-refractivity contribution in [1.82, 2.24) is 19.8 Å². The lowest BCUT2D eigenvalue weighted by atomic mass is 9.95. The largest absolute Gasteiger partial charge is 0.481 e. The van der Waals surface area contributed by atoms with Gasteiger partial charge in [0, 0.05) is 25.2 Å². The van der Waals surface area contributed by atoms with Gasteiger partial charge in [0.1, 0.15) is 6.61 Å². The first kappa shape index (κ1) is 18.8. The van der Waals surface area contributed by atoms with E-state index in [4.69, 9.17) is 14.5 Å². The zero-order valence-corrected chi connectivity index (χ0v) is 17.3. The van der Waals surface area contributed by atoms with E-state index in [0.29, 0.717) is 18.5 Å². The van der Waals surface area contributed by atoms with Crippen molar-refractivity contribution in [1.29, 1.82) is 0 Å². The van der Waals surface area contributed by atoms with Crippen molar-refractivity contribution in [2.45, 2.75) is 50.7 Å². The number of fused-ring (bicyclic) bond motifs is 2. The Kier molecular flexibility index (Phi) is 5.14. The Morgan fingerprint density at radius 2 is 1.83 bits per heavy atom. The lowest BCUT2D eigenvalue weighted by Crippen LogP contribution is -2.43. The number of aromatic nitrogens is 2. The van der Waals surface area contributed by atoms with Gasteiger partial charge < -0.3 is 9.47 Å². The van der Waals surface area contributed by atoms with Crippen LogP contribution >= 0.6 is 0 Å². The summed E-state index contributed by atoms with van der Waals surface area (Å²) in [6.45, 7) is 5.80. The van der Waals surface area contributed by atoms with Crippen LogP contribution in [0.2, 0.25) is 0 Å². The molecule has 1 aromatic carbocycles. The number of methoxy groups -OCH3 is 1. The molecule has 29 heavy (non-hydrogen) atoms. The van der Waals surface area contributed by atoms with Gasteiger partial charge in [0.2, 0.25) is 5.88 Å². The first-order valence-corrected chi connectivity index (χ1v) is 10.8. The molecule has 6 nitrogen and oxygen atoms in total. The van der Waals surface area contributed by atoms with E-state index in [1.165, 1.54) is 44.3 Å². The van der Waals surface area contributed by atoms with Crippen LogP contribution in [0.4, 0.5) is 0 Å². The monoisotopic (exact) mass is 394 g/mol. The van der Waals surface area contributed by atoms with E-state index < -0.39 is 0 Å². The van der Waals surface area contributed by atoms with Gasteiger partial charge in [0.15, 0.2) is 0 Å². The van der Waals surface area contributed by atoms with Crippen molar-refractivity contribution in [3.63, 3.8) is 0 Å². The van der Waals surface area contributed by atoms with Crippen molar-refractivity contribution >= 4 is 0 Å². The Hall–Kier alpha value is -2.18. The Labute approximate surface area is 172 Å². The molecular weight excluding hydrogens is 364 g/mol. The maximum atomic E-state index is 6.19. The smallest absolute Gasteiger partial charge is 0.320 e. The first-order valence-electron chi connectivity index (χ1n) is 10.8. The summed E-state index contributed by atoms with van der Waals surface area (Å²) in [7, 11) is 1.69. The molecule has 0 aliphatic carbocycles. The number of hydrogen-bond acceptors (Lipinski definition) is 6. The molecule has 1 aromatic heterocycles. The van der Waals surface area contributed by atoms with Crippen molar-refractivity contribution < 1.29 is 9.47 Å². The molecule has 0 saturated carbocycles. The van der Waals surface area contributed by atoms with Crippen LogP contribution in [0.25, 0.3) is 0 Å². The van der Waals surface area contributed by atoms with Crippen LogP contribution in [-0.2, 0) is 19.5 Å². The van der Waals surface area contributed by atoms with Crippen LogP contribution in [0.5, 0.6) is 11.9 Å². The molecule has 0 atom stereocenters. The van der Waals surface area contributed by atoms with Crippen molar-refractivity contribution in [2.24, 2.45) is 0 Å². The molecule has 4 heterocycles. The summed E-state index contributed by atoms with van der Waals surface area (Å²) < 4.78 is 11.8. The van der Waals surface area contributed by atoms with Gasteiger partial charge in [-0.3, -0.25) is 9.80 Å². The number of ether oxygens (including phenoxy) is 2. The third kappa shape index (κ3) is 3.71. The van der Waals surface area contributed by atoms with E-state index in [9.17, 15) is 0 Å². The lowest BCUT2D eigenvalue weighted by Gasteiger charge is -2.32. The van der Waals surface area contributed by atoms with Crippen LogP contribution < -0.4 is 9.47 Å². The van der Waals surface area contributed by atoms with Crippen LogP contribution in [0.1, 0.15) is 42.5 Å². The van der Waals surface area contributed by atoms with Crippen molar-refractivity contribution in [3.8, 4) is 11.9 Å². The van der Waals surface area contributed by atoms with Gasteiger partial charge in [-0.15, -0.1) is 0 Å². The average molecular weight is 395 g/mol. The summed E-state index contributed by atoms with van der Waals surface area (Å²) in [6, 6.07) is 11.1. The fraction of sp³-hybridized carbons (Fsp3) is 0.565. The number of benzene rings is 1. The molecule has 3 aliphatic heterocycles. The third-order valence-corrected chi connectivity index (χ3v) is 6.81. The normalized spacial score (nSPS) is 21.0. The summed E-state index contributed by atoms with van der Waals surface area (Å²) in [4.78, 5) is 14.4. The zero-order chi connectivity index (χ0) is 19.7. The molecule has 0 unspecified atom stereocenters. The Morgan fingerprint density at radius 1 is 1.03 bits per heavy atom. The summed E-state index contributed by atoms with van der Waals surface area (Å²) in [5.74, 6) is 0.677. The molecule has 5 rings (SSSR count). The molecular formula is C23H30N4O2. The lowest BCUT2D eigenvalue weighted by molar-refractivity contribution is 0.106. The first-order chi connectivity index (χ1) is 14.3. The summed E-state index contributed by atoms with van der Waals surface area (Å²) in [5.41, 5.74) is 3.70. The van der Waals surface area contributed by atoms with Crippen LogP contribution in [0.3, 0.4) is 0 Å². The van der Waals surface area contributed by atoms with Crippen LogP contribution in [0.15, 0.2) is 30.3 Å². The average Bonchev–Trinajstić information content (AvgIpc) is 3.32. The molecule has 0 N–H and O–H groups in total. The Balaban J connectivity index is 1.32. The predicted octanol–water partition coefficient (Wildman–Crippen LogP) is 3.05. The number of hydrogen-bond donors (Lipinski definition) is 0. The molecule has 0 radical (unpaired) electrons. The summed E-state index contributed by atoms with van der Waals surface area (Å²) in [5, 5.41) is 0. The van der Waals surface area contributed by atoms with Gasteiger partial charge >= 0.3 is 6.01 Å². The quantitative estimate of drug-likeness (QED) is 0.751. The maximum absolute atomic E-state index is 6.19. The molecule has 2 fully saturated rings. The van der Waals surface area contributed by atoms with Gasteiger partial charge in [-0.25, -0.2) is 0 Å². The highest BCUT2D eigenvalue weighted by molar-refractivity contribution is 5.34. The predicted molar refractivity (Wildman–Crippen MR) is 111 cm³/mol. The highest BCUT2D eigenvalue weighted by Crippen LogP contribution is 2.39. The SMILES string of the molecule is COc1nc(OCC23CCCN2CCC3)nc2c1CCN(Cc1ccccc1)C2.